The van der Waals surface area contributed by atoms with Gasteiger partial charge in [-0.25, -0.2) is 0 Å². The third kappa shape index (κ3) is 3.88. The van der Waals surface area contributed by atoms with Crippen LogP contribution in [0.1, 0.15) is 17.3 Å². The quantitative estimate of drug-likeness (QED) is 0.363. The fourth-order valence-corrected chi connectivity index (χ4v) is 4.52. The van der Waals surface area contributed by atoms with Gasteiger partial charge in [0.2, 0.25) is 5.13 Å². The summed E-state index contributed by atoms with van der Waals surface area (Å²) in [6.45, 7) is 0. The lowest BCUT2D eigenvalue weighted by Gasteiger charge is -2.15. The average Bonchev–Trinajstić information content (AvgIpc) is 3.14. The average molecular weight is 379 g/mol. The van der Waals surface area contributed by atoms with Crippen molar-refractivity contribution >= 4 is 39.0 Å². The number of hydrogen-bond acceptors (Lipinski definition) is 6. The first-order valence-electron chi connectivity index (χ1n) is 8.29. The minimum Gasteiger partial charge on any atom is -0.341 e. The van der Waals surface area contributed by atoms with E-state index in [1.807, 2.05) is 42.5 Å². The summed E-state index contributed by atoms with van der Waals surface area (Å²) in [5.41, 5.74) is 8.71. The molecule has 0 aliphatic carbocycles. The molecule has 0 aliphatic rings. The fraction of sp³-hybridized carbons (Fsp3) is 0.100. The van der Waals surface area contributed by atoms with Crippen LogP contribution in [-0.4, -0.2) is 10.2 Å². The Balaban J connectivity index is 1.45. The second-order valence-corrected chi connectivity index (χ2v) is 8.04. The van der Waals surface area contributed by atoms with E-state index in [4.69, 9.17) is 5.73 Å². The molecule has 3 N–H and O–H groups in total. The Morgan fingerprint density at radius 2 is 1.69 bits per heavy atom. The van der Waals surface area contributed by atoms with Crippen LogP contribution in [0.5, 0.6) is 0 Å². The molecule has 0 spiro atoms. The number of nitrogens with one attached hydrogen (secondary N) is 1. The minimum absolute atomic E-state index is 0.332. The first-order chi connectivity index (χ1) is 12.8. The Kier molecular flexibility index (Phi) is 5.15. The highest BCUT2D eigenvalue weighted by Gasteiger charge is 2.12. The predicted molar refractivity (Wildman–Crippen MR) is 110 cm³/mol. The van der Waals surface area contributed by atoms with E-state index in [1.165, 1.54) is 22.3 Å². The molecule has 4 nitrogen and oxygen atoms in total. The fourth-order valence-electron chi connectivity index (χ4n) is 2.78. The number of rotatable bonds is 6. The van der Waals surface area contributed by atoms with Crippen LogP contribution in [-0.2, 0) is 5.75 Å². The largest absolute Gasteiger partial charge is 0.341 e. The van der Waals surface area contributed by atoms with Crippen molar-refractivity contribution in [2.75, 3.05) is 5.32 Å². The van der Waals surface area contributed by atoms with Gasteiger partial charge in [-0.2, -0.15) is 0 Å². The summed E-state index contributed by atoms with van der Waals surface area (Å²) in [7, 11) is 0. The second-order valence-electron chi connectivity index (χ2n) is 5.84. The van der Waals surface area contributed by atoms with E-state index in [9.17, 15) is 0 Å². The standard InChI is InChI=1S/C20H18N4S2/c21-18(17-12-6-10-15-9-4-5-11-16(15)17)22-19-23-24-20(26-19)25-13-14-7-2-1-3-8-14/h1-12,18H,13,21H2,(H,22,23). The topological polar surface area (TPSA) is 63.8 Å². The van der Waals surface area contributed by atoms with Gasteiger partial charge in [-0.05, 0) is 21.9 Å². The Bertz CT molecular complexity index is 996. The molecule has 1 heterocycles. The molecule has 1 atom stereocenters. The normalized spacial score (nSPS) is 12.2. The van der Waals surface area contributed by atoms with E-state index in [0.717, 1.165) is 26.2 Å². The maximum absolute atomic E-state index is 6.39. The van der Waals surface area contributed by atoms with Crippen molar-refractivity contribution in [1.29, 1.82) is 0 Å². The molecule has 6 heteroatoms. The second kappa shape index (κ2) is 7.86. The molecule has 4 rings (SSSR count). The van der Waals surface area contributed by atoms with Gasteiger partial charge in [0.15, 0.2) is 4.34 Å². The van der Waals surface area contributed by atoms with Crippen molar-refractivity contribution in [2.45, 2.75) is 16.3 Å². The number of fused-ring (bicyclic) bond motifs is 1. The maximum atomic E-state index is 6.39. The number of anilines is 1. The number of thioether (sulfide) groups is 1. The van der Waals surface area contributed by atoms with Gasteiger partial charge in [0, 0.05) is 5.75 Å². The van der Waals surface area contributed by atoms with Crippen molar-refractivity contribution in [2.24, 2.45) is 5.73 Å². The lowest BCUT2D eigenvalue weighted by Crippen LogP contribution is -2.20. The molecular weight excluding hydrogens is 360 g/mol. The van der Waals surface area contributed by atoms with E-state index >= 15 is 0 Å². The molecule has 0 saturated heterocycles. The molecular formula is C20H18N4S2. The van der Waals surface area contributed by atoms with Crippen LogP contribution in [0.2, 0.25) is 0 Å². The van der Waals surface area contributed by atoms with Gasteiger partial charge in [0.1, 0.15) is 6.17 Å². The molecule has 1 aromatic heterocycles. The maximum Gasteiger partial charge on any atom is 0.207 e. The molecule has 130 valence electrons. The van der Waals surface area contributed by atoms with Crippen LogP contribution >= 0.6 is 23.1 Å². The number of aromatic nitrogens is 2. The molecule has 0 fully saturated rings. The van der Waals surface area contributed by atoms with Crippen LogP contribution in [0.25, 0.3) is 10.8 Å². The highest BCUT2D eigenvalue weighted by molar-refractivity contribution is 8.00. The summed E-state index contributed by atoms with van der Waals surface area (Å²) in [6, 6.07) is 24.8. The summed E-state index contributed by atoms with van der Waals surface area (Å²) in [5.74, 6) is 0.880. The van der Waals surface area contributed by atoms with Gasteiger partial charge < -0.3 is 11.1 Å². The first-order valence-corrected chi connectivity index (χ1v) is 10.1. The molecule has 0 radical (unpaired) electrons. The third-order valence-electron chi connectivity index (χ3n) is 4.05. The van der Waals surface area contributed by atoms with Crippen LogP contribution < -0.4 is 11.1 Å². The summed E-state index contributed by atoms with van der Waals surface area (Å²) in [5, 5.41) is 14.8. The lowest BCUT2D eigenvalue weighted by molar-refractivity contribution is 0.834. The highest BCUT2D eigenvalue weighted by Crippen LogP contribution is 2.30. The zero-order chi connectivity index (χ0) is 17.8. The molecule has 3 aromatic carbocycles. The van der Waals surface area contributed by atoms with Crippen LogP contribution in [0.15, 0.2) is 77.1 Å². The van der Waals surface area contributed by atoms with E-state index in [1.54, 1.807) is 11.8 Å². The first kappa shape index (κ1) is 17.0. The molecule has 0 aliphatic heterocycles. The Hall–Kier alpha value is -2.41. The van der Waals surface area contributed by atoms with Gasteiger partial charge in [-0.1, -0.05) is 95.9 Å². The van der Waals surface area contributed by atoms with Crippen molar-refractivity contribution in [3.63, 3.8) is 0 Å². The van der Waals surface area contributed by atoms with Gasteiger partial charge in [0.05, 0.1) is 0 Å². The van der Waals surface area contributed by atoms with Crippen molar-refractivity contribution in [1.82, 2.24) is 10.2 Å². The van der Waals surface area contributed by atoms with Gasteiger partial charge in [0.25, 0.3) is 0 Å². The third-order valence-corrected chi connectivity index (χ3v) is 6.11. The number of benzene rings is 3. The van der Waals surface area contributed by atoms with E-state index in [-0.39, 0.29) is 6.17 Å². The summed E-state index contributed by atoms with van der Waals surface area (Å²) >= 11 is 3.21. The Morgan fingerprint density at radius 3 is 2.58 bits per heavy atom. The van der Waals surface area contributed by atoms with E-state index < -0.39 is 0 Å². The SMILES string of the molecule is NC(Nc1nnc(SCc2ccccc2)s1)c1cccc2ccccc12. The van der Waals surface area contributed by atoms with Gasteiger partial charge in [-0.3, -0.25) is 0 Å². The molecule has 0 amide bonds. The molecule has 26 heavy (non-hydrogen) atoms. The van der Waals surface area contributed by atoms with Crippen LogP contribution in [0.3, 0.4) is 0 Å². The van der Waals surface area contributed by atoms with Gasteiger partial charge >= 0.3 is 0 Å². The predicted octanol–water partition coefficient (Wildman–Crippen LogP) is 5.05. The lowest BCUT2D eigenvalue weighted by atomic mass is 10.0. The molecule has 0 saturated carbocycles. The summed E-state index contributed by atoms with van der Waals surface area (Å²) < 4.78 is 0.932. The Morgan fingerprint density at radius 1 is 0.923 bits per heavy atom. The van der Waals surface area contributed by atoms with Crippen molar-refractivity contribution < 1.29 is 0 Å². The highest BCUT2D eigenvalue weighted by atomic mass is 32.2. The van der Waals surface area contributed by atoms with E-state index in [2.05, 4.69) is 45.8 Å². The number of hydrogen-bond donors (Lipinski definition) is 2. The molecule has 4 aromatic rings. The minimum atomic E-state index is -0.332. The summed E-state index contributed by atoms with van der Waals surface area (Å²) in [4.78, 5) is 0. The van der Waals surface area contributed by atoms with Crippen LogP contribution in [0.4, 0.5) is 5.13 Å². The smallest absolute Gasteiger partial charge is 0.207 e. The Labute approximate surface area is 160 Å². The number of nitrogens with zero attached hydrogens (tertiary/aromatic N) is 2. The molecule has 1 unspecified atom stereocenters. The zero-order valence-electron chi connectivity index (χ0n) is 14.0. The zero-order valence-corrected chi connectivity index (χ0v) is 15.6. The summed E-state index contributed by atoms with van der Waals surface area (Å²) in [6.07, 6.45) is -0.332. The molecule has 0 bridgehead atoms. The van der Waals surface area contributed by atoms with Crippen molar-refractivity contribution in [3.05, 3.63) is 83.9 Å². The monoisotopic (exact) mass is 378 g/mol. The number of nitrogens with two attached hydrogens (primary N) is 1. The van der Waals surface area contributed by atoms with Crippen molar-refractivity contribution in [3.8, 4) is 0 Å². The van der Waals surface area contributed by atoms with E-state index in [0.29, 0.717) is 0 Å². The van der Waals surface area contributed by atoms with Gasteiger partial charge in [-0.15, -0.1) is 10.2 Å². The van der Waals surface area contributed by atoms with Crippen LogP contribution in [0, 0.1) is 0 Å².